The Morgan fingerprint density at radius 2 is 1.25 bits per heavy atom. The van der Waals surface area contributed by atoms with E-state index in [0.717, 1.165) is 65.0 Å². The van der Waals surface area contributed by atoms with E-state index in [-0.39, 0.29) is 17.7 Å². The smallest absolute Gasteiger partial charge is 0.220 e. The van der Waals surface area contributed by atoms with Gasteiger partial charge >= 0.3 is 0 Å². The molecule has 0 bridgehead atoms. The van der Waals surface area contributed by atoms with Gasteiger partial charge in [0.05, 0.1) is 6.54 Å². The zero-order chi connectivity index (χ0) is 27.3. The van der Waals surface area contributed by atoms with Gasteiger partial charge in [-0.15, -0.1) is 0 Å². The molecular weight excluding hydrogens is 458 g/mol. The Bertz CT molecular complexity index is 605. The van der Waals surface area contributed by atoms with E-state index >= 15 is 0 Å². The minimum atomic E-state index is 0.00386. The summed E-state index contributed by atoms with van der Waals surface area (Å²) in [7, 11) is 1.00. The number of carbonyl (C=O) groups is 3. The molecule has 9 nitrogen and oxygen atoms in total. The highest BCUT2D eigenvalue weighted by Gasteiger charge is 2.04. The minimum Gasteiger partial charge on any atom is -0.400 e. The molecule has 0 radical (unpaired) electrons. The van der Waals surface area contributed by atoms with Crippen molar-refractivity contribution in [3.05, 3.63) is 0 Å². The molecule has 0 aliphatic heterocycles. The van der Waals surface area contributed by atoms with Crippen LogP contribution in [0.5, 0.6) is 0 Å². The highest BCUT2D eigenvalue weighted by atomic mass is 16.2. The van der Waals surface area contributed by atoms with Crippen LogP contribution in [0.25, 0.3) is 0 Å². The van der Waals surface area contributed by atoms with Gasteiger partial charge in [0, 0.05) is 51.9 Å². The van der Waals surface area contributed by atoms with Crippen LogP contribution >= 0.6 is 0 Å². The van der Waals surface area contributed by atoms with Crippen molar-refractivity contribution in [3.8, 4) is 11.8 Å². The van der Waals surface area contributed by atoms with Crippen molar-refractivity contribution in [2.24, 2.45) is 11.8 Å². The summed E-state index contributed by atoms with van der Waals surface area (Å²) >= 11 is 0. The van der Waals surface area contributed by atoms with Gasteiger partial charge in [-0.2, -0.15) is 0 Å². The molecule has 0 aromatic carbocycles. The third kappa shape index (κ3) is 26.5. The molecule has 0 aromatic heterocycles. The average molecular weight is 512 g/mol. The van der Waals surface area contributed by atoms with Crippen LogP contribution in [0.4, 0.5) is 0 Å². The van der Waals surface area contributed by atoms with Crippen LogP contribution in [0.2, 0.25) is 0 Å². The highest BCUT2D eigenvalue weighted by Crippen LogP contribution is 2.10. The molecule has 0 saturated carbocycles. The van der Waals surface area contributed by atoms with E-state index in [0.29, 0.717) is 51.2 Å². The van der Waals surface area contributed by atoms with E-state index in [4.69, 9.17) is 10.9 Å². The van der Waals surface area contributed by atoms with Gasteiger partial charge in [-0.1, -0.05) is 51.4 Å². The summed E-state index contributed by atoms with van der Waals surface area (Å²) in [4.78, 5) is 35.4. The molecule has 0 heterocycles. The number of amides is 3. The second-order valence-electron chi connectivity index (χ2n) is 8.72. The summed E-state index contributed by atoms with van der Waals surface area (Å²) in [5.41, 5.74) is 2.60. The van der Waals surface area contributed by atoms with Crippen molar-refractivity contribution in [1.29, 1.82) is 0 Å². The number of aliphatic hydroxyl groups excluding tert-OH is 1. The van der Waals surface area contributed by atoms with Crippen LogP contribution in [0, 0.1) is 17.8 Å². The third-order valence-electron chi connectivity index (χ3n) is 5.61. The number of nitrogens with two attached hydrogens (primary N) is 1. The Kier molecular flexibility index (Phi) is 29.1. The normalized spacial score (nSPS) is 10.8. The van der Waals surface area contributed by atoms with Crippen molar-refractivity contribution in [3.63, 3.8) is 0 Å². The Balaban J connectivity index is 0. The van der Waals surface area contributed by atoms with Crippen LogP contribution in [-0.4, -0.2) is 56.1 Å². The summed E-state index contributed by atoms with van der Waals surface area (Å²) in [6.07, 6.45) is 12.0. The van der Waals surface area contributed by atoms with Crippen LogP contribution in [0.15, 0.2) is 0 Å². The van der Waals surface area contributed by atoms with E-state index < -0.39 is 0 Å². The van der Waals surface area contributed by atoms with E-state index in [1.54, 1.807) is 0 Å². The van der Waals surface area contributed by atoms with E-state index in [2.05, 4.69) is 47.1 Å². The number of unbranched alkanes of at least 4 members (excludes halogenated alkanes) is 5. The van der Waals surface area contributed by atoms with Gasteiger partial charge in [0.1, 0.15) is 0 Å². The second kappa shape index (κ2) is 29.1. The predicted molar refractivity (Wildman–Crippen MR) is 147 cm³/mol. The Labute approximate surface area is 219 Å². The van der Waals surface area contributed by atoms with Gasteiger partial charge in [-0.25, -0.2) is 0 Å². The highest BCUT2D eigenvalue weighted by molar-refractivity contribution is 5.77. The molecule has 0 rings (SSSR count). The first-order chi connectivity index (χ1) is 17.5. The number of hydrogen-bond donors (Lipinski definition) is 6. The Morgan fingerprint density at radius 1 is 0.722 bits per heavy atom. The van der Waals surface area contributed by atoms with Crippen LogP contribution in [0.1, 0.15) is 104 Å². The molecule has 3 amide bonds. The van der Waals surface area contributed by atoms with Crippen molar-refractivity contribution >= 4 is 17.7 Å². The van der Waals surface area contributed by atoms with Crippen LogP contribution < -0.4 is 27.2 Å². The van der Waals surface area contributed by atoms with Crippen LogP contribution in [0.3, 0.4) is 0 Å². The summed E-state index contributed by atoms with van der Waals surface area (Å²) in [5, 5.41) is 15.6. The molecule has 9 heteroatoms. The summed E-state index contributed by atoms with van der Waals surface area (Å²) in [6.45, 7) is 6.67. The predicted octanol–water partition coefficient (Wildman–Crippen LogP) is 2.53. The fourth-order valence-electron chi connectivity index (χ4n) is 3.41. The molecule has 7 N–H and O–H groups in total. The monoisotopic (exact) mass is 511 g/mol. The number of hydrazine groups is 1. The first-order valence-electron chi connectivity index (χ1n) is 13.7. The van der Waals surface area contributed by atoms with Gasteiger partial charge in [-0.3, -0.25) is 25.7 Å². The largest absolute Gasteiger partial charge is 0.400 e. The number of aliphatic hydroxyl groups is 1. The maximum absolute atomic E-state index is 11.9. The first-order valence-corrected chi connectivity index (χ1v) is 13.7. The SMILES string of the molecule is CCCCC(C#CCNC(=O)CCCCCNC(=O)CCCNC(=O)CCCCCNN)CC.CO. The number of nitrogens with one attached hydrogen (secondary N) is 4. The standard InChI is InChI=1S/C26H49N5O3.CH4O/c1-3-5-14-23(4-2)15-12-20-29-24(32)16-8-6-10-19-28-26(34)18-13-21-30-25(33)17-9-7-11-22-31-27;1-2/h23,31H,3-11,13-14,16-22,27H2,1-2H3,(H,28,34)(H,29,32)(H,30,33);2H,1H3. The van der Waals surface area contributed by atoms with Crippen molar-refractivity contribution in [1.82, 2.24) is 21.4 Å². The zero-order valence-electron chi connectivity index (χ0n) is 23.1. The quantitative estimate of drug-likeness (QED) is 0.0604. The molecule has 0 aromatic rings. The lowest BCUT2D eigenvalue weighted by atomic mass is 10.0. The maximum Gasteiger partial charge on any atom is 0.220 e. The van der Waals surface area contributed by atoms with Gasteiger partial charge in [0.15, 0.2) is 0 Å². The molecule has 1 unspecified atom stereocenters. The second-order valence-corrected chi connectivity index (χ2v) is 8.72. The summed E-state index contributed by atoms with van der Waals surface area (Å²) in [5.74, 6) is 12.1. The fraction of sp³-hybridized carbons (Fsp3) is 0.815. The topological polar surface area (TPSA) is 146 Å². The Hall–Kier alpha value is -2.15. The van der Waals surface area contributed by atoms with Gasteiger partial charge in [0.25, 0.3) is 0 Å². The number of carbonyl (C=O) groups excluding carboxylic acids is 3. The molecule has 0 aliphatic rings. The van der Waals surface area contributed by atoms with Gasteiger partial charge in [0.2, 0.25) is 17.7 Å². The molecule has 0 saturated heterocycles. The van der Waals surface area contributed by atoms with Crippen LogP contribution in [-0.2, 0) is 14.4 Å². The molecule has 1 atom stereocenters. The van der Waals surface area contributed by atoms with E-state index in [1.807, 2.05) is 0 Å². The molecular formula is C27H53N5O4. The van der Waals surface area contributed by atoms with Gasteiger partial charge in [-0.05, 0) is 44.9 Å². The average Bonchev–Trinajstić information content (AvgIpc) is 2.89. The molecule has 36 heavy (non-hydrogen) atoms. The number of hydrogen-bond acceptors (Lipinski definition) is 6. The molecule has 0 spiro atoms. The minimum absolute atomic E-state index is 0.00386. The van der Waals surface area contributed by atoms with Crippen molar-refractivity contribution in [2.75, 3.05) is 33.3 Å². The Morgan fingerprint density at radius 3 is 1.81 bits per heavy atom. The molecule has 210 valence electrons. The summed E-state index contributed by atoms with van der Waals surface area (Å²) in [6, 6.07) is 0. The van der Waals surface area contributed by atoms with Gasteiger partial charge < -0.3 is 21.1 Å². The van der Waals surface area contributed by atoms with E-state index in [1.165, 1.54) is 12.8 Å². The number of rotatable bonds is 21. The first kappa shape index (κ1) is 36.0. The van der Waals surface area contributed by atoms with Crippen molar-refractivity contribution < 1.29 is 19.5 Å². The zero-order valence-corrected chi connectivity index (χ0v) is 23.1. The summed E-state index contributed by atoms with van der Waals surface area (Å²) < 4.78 is 0. The molecule has 0 fully saturated rings. The van der Waals surface area contributed by atoms with E-state index in [9.17, 15) is 14.4 Å². The lowest BCUT2D eigenvalue weighted by molar-refractivity contribution is -0.123. The molecule has 0 aliphatic carbocycles. The fourth-order valence-corrected chi connectivity index (χ4v) is 3.41. The maximum atomic E-state index is 11.9. The lowest BCUT2D eigenvalue weighted by Crippen LogP contribution is -2.28. The van der Waals surface area contributed by atoms with Crippen molar-refractivity contribution in [2.45, 2.75) is 104 Å². The third-order valence-corrected chi connectivity index (χ3v) is 5.61. The lowest BCUT2D eigenvalue weighted by Gasteiger charge is -2.07.